The van der Waals surface area contributed by atoms with Crippen molar-refractivity contribution >= 4 is 11.6 Å². The first kappa shape index (κ1) is 19.1. The fourth-order valence-electron chi connectivity index (χ4n) is 4.11. The van der Waals surface area contributed by atoms with Crippen LogP contribution in [0, 0.1) is 6.92 Å². The molecule has 0 saturated carbocycles. The van der Waals surface area contributed by atoms with E-state index < -0.39 is 11.7 Å². The fourth-order valence-corrected chi connectivity index (χ4v) is 4.11. The van der Waals surface area contributed by atoms with E-state index in [1.807, 2.05) is 37.3 Å². The number of hydrogen-bond donors (Lipinski definition) is 3. The van der Waals surface area contributed by atoms with Crippen molar-refractivity contribution < 1.29 is 15.0 Å². The zero-order chi connectivity index (χ0) is 19.7. The number of β-amino-alcohol motifs (C(OH)–C–C–N with tert-alkyl or cyclic N) is 1. The van der Waals surface area contributed by atoms with Crippen LogP contribution in [-0.4, -0.2) is 45.6 Å². The van der Waals surface area contributed by atoms with Crippen molar-refractivity contribution in [3.05, 3.63) is 58.9 Å². The molecule has 1 amide bonds. The summed E-state index contributed by atoms with van der Waals surface area (Å²) in [6, 6.07) is 9.64. The molecule has 1 aromatic heterocycles. The highest BCUT2D eigenvalue weighted by atomic mass is 16.3. The van der Waals surface area contributed by atoms with E-state index in [-0.39, 0.29) is 5.91 Å². The van der Waals surface area contributed by atoms with Gasteiger partial charge in [0.1, 0.15) is 5.60 Å². The number of anilines is 1. The monoisotopic (exact) mass is 381 g/mol. The van der Waals surface area contributed by atoms with Gasteiger partial charge in [-0.1, -0.05) is 12.1 Å². The topological polar surface area (TPSA) is 85.7 Å². The number of fused-ring (bicyclic) bond motifs is 1. The molecule has 28 heavy (non-hydrogen) atoms. The van der Waals surface area contributed by atoms with Crippen LogP contribution in [0.2, 0.25) is 0 Å². The highest BCUT2D eigenvalue weighted by Crippen LogP contribution is 2.33. The van der Waals surface area contributed by atoms with E-state index in [9.17, 15) is 15.0 Å². The number of carbonyl (C=O) groups is 1. The van der Waals surface area contributed by atoms with Gasteiger partial charge in [-0.25, -0.2) is 0 Å². The molecule has 2 aliphatic rings. The number of pyridine rings is 1. The van der Waals surface area contributed by atoms with Gasteiger partial charge in [0, 0.05) is 37.9 Å². The number of rotatable bonds is 4. The number of aliphatic hydroxyl groups is 2. The maximum atomic E-state index is 11.5. The predicted molar refractivity (Wildman–Crippen MR) is 107 cm³/mol. The van der Waals surface area contributed by atoms with Crippen molar-refractivity contribution in [1.29, 1.82) is 0 Å². The van der Waals surface area contributed by atoms with Gasteiger partial charge in [0.25, 0.3) is 0 Å². The molecule has 4 rings (SSSR count). The van der Waals surface area contributed by atoms with E-state index in [1.165, 1.54) is 0 Å². The number of carbonyl (C=O) groups excluding carboxylic acids is 1. The number of nitrogens with zero attached hydrogens (tertiary/aromatic N) is 2. The summed E-state index contributed by atoms with van der Waals surface area (Å²) in [6.07, 6.45) is 3.56. The molecule has 0 spiro atoms. The molecular formula is C22H27N3O3. The summed E-state index contributed by atoms with van der Waals surface area (Å²) in [7, 11) is 0. The summed E-state index contributed by atoms with van der Waals surface area (Å²) in [5.41, 5.74) is 3.74. The number of piperidine rings is 1. The van der Waals surface area contributed by atoms with Crippen molar-refractivity contribution in [3.63, 3.8) is 0 Å². The van der Waals surface area contributed by atoms with E-state index in [0.29, 0.717) is 45.3 Å². The lowest BCUT2D eigenvalue weighted by Gasteiger charge is -2.38. The summed E-state index contributed by atoms with van der Waals surface area (Å²) in [4.78, 5) is 18.0. The van der Waals surface area contributed by atoms with Gasteiger partial charge < -0.3 is 20.4 Å². The number of nitrogens with one attached hydrogen (secondary N) is 1. The van der Waals surface area contributed by atoms with Gasteiger partial charge in [0.15, 0.2) is 0 Å². The molecule has 6 heteroatoms. The maximum absolute atomic E-state index is 11.5. The minimum atomic E-state index is -0.891. The summed E-state index contributed by atoms with van der Waals surface area (Å²) < 4.78 is 0. The standard InChI is InChI=1S/C22H27N3O3/c1-15-6-9-23-20(12-15)22(28)7-10-25(11-8-22)14-19(26)17-2-4-18-16(13-17)3-5-21(27)24-18/h2,4,6,9,12-13,19,26,28H,3,5,7-8,10-11,14H2,1H3,(H,24,27). The first-order valence-corrected chi connectivity index (χ1v) is 9.91. The van der Waals surface area contributed by atoms with Gasteiger partial charge in [0.2, 0.25) is 5.91 Å². The second-order valence-electron chi connectivity index (χ2n) is 8.03. The number of hydrogen-bond acceptors (Lipinski definition) is 5. The Labute approximate surface area is 165 Å². The molecule has 6 nitrogen and oxygen atoms in total. The third kappa shape index (κ3) is 3.94. The van der Waals surface area contributed by atoms with Gasteiger partial charge in [-0.05, 0) is 61.1 Å². The predicted octanol–water partition coefficient (Wildman–Crippen LogP) is 2.29. The van der Waals surface area contributed by atoms with Crippen LogP contribution in [0.5, 0.6) is 0 Å². The Hall–Kier alpha value is -2.28. The van der Waals surface area contributed by atoms with Gasteiger partial charge in [-0.2, -0.15) is 0 Å². The first-order valence-electron chi connectivity index (χ1n) is 9.91. The number of aryl methyl sites for hydroxylation is 2. The van der Waals surface area contributed by atoms with Crippen molar-refractivity contribution in [3.8, 4) is 0 Å². The zero-order valence-corrected chi connectivity index (χ0v) is 16.2. The highest BCUT2D eigenvalue weighted by Gasteiger charge is 2.35. The summed E-state index contributed by atoms with van der Waals surface area (Å²) in [5, 5.41) is 24.6. The molecule has 2 aromatic rings. The van der Waals surface area contributed by atoms with Crippen LogP contribution in [0.4, 0.5) is 5.69 Å². The Morgan fingerprint density at radius 3 is 2.75 bits per heavy atom. The lowest BCUT2D eigenvalue weighted by Crippen LogP contribution is -2.44. The Bertz CT molecular complexity index is 875. The summed E-state index contributed by atoms with van der Waals surface area (Å²) >= 11 is 0. The largest absolute Gasteiger partial charge is 0.387 e. The van der Waals surface area contributed by atoms with Crippen molar-refractivity contribution in [2.45, 2.75) is 44.3 Å². The number of benzene rings is 1. The van der Waals surface area contributed by atoms with E-state index in [4.69, 9.17) is 0 Å². The molecule has 3 N–H and O–H groups in total. The Kier molecular flexibility index (Phi) is 5.19. The molecule has 1 saturated heterocycles. The smallest absolute Gasteiger partial charge is 0.224 e. The molecule has 2 aliphatic heterocycles. The van der Waals surface area contributed by atoms with Gasteiger partial charge in [-0.3, -0.25) is 9.78 Å². The minimum Gasteiger partial charge on any atom is -0.387 e. The van der Waals surface area contributed by atoms with E-state index in [1.54, 1.807) is 6.20 Å². The molecule has 0 radical (unpaired) electrons. The van der Waals surface area contributed by atoms with Crippen LogP contribution in [0.1, 0.15) is 47.8 Å². The van der Waals surface area contributed by atoms with E-state index in [0.717, 1.165) is 28.1 Å². The van der Waals surface area contributed by atoms with Crippen LogP contribution >= 0.6 is 0 Å². The van der Waals surface area contributed by atoms with Crippen molar-refractivity contribution in [1.82, 2.24) is 9.88 Å². The Morgan fingerprint density at radius 1 is 1.21 bits per heavy atom. The summed E-state index contributed by atoms with van der Waals surface area (Å²) in [6.45, 7) is 3.96. The Balaban J connectivity index is 1.38. The summed E-state index contributed by atoms with van der Waals surface area (Å²) in [5.74, 6) is 0.0460. The molecule has 3 heterocycles. The molecule has 0 aliphatic carbocycles. The number of aliphatic hydroxyl groups excluding tert-OH is 1. The molecule has 1 unspecified atom stereocenters. The van der Waals surface area contributed by atoms with Crippen LogP contribution in [0.25, 0.3) is 0 Å². The van der Waals surface area contributed by atoms with Gasteiger partial charge in [0.05, 0.1) is 11.8 Å². The van der Waals surface area contributed by atoms with Crippen molar-refractivity contribution in [2.75, 3.05) is 25.0 Å². The minimum absolute atomic E-state index is 0.0460. The van der Waals surface area contributed by atoms with Crippen LogP contribution < -0.4 is 5.32 Å². The molecule has 148 valence electrons. The highest BCUT2D eigenvalue weighted by molar-refractivity contribution is 5.93. The molecule has 1 fully saturated rings. The number of amides is 1. The zero-order valence-electron chi connectivity index (χ0n) is 16.2. The second kappa shape index (κ2) is 7.62. The molecular weight excluding hydrogens is 354 g/mol. The fraction of sp³-hybridized carbons (Fsp3) is 0.455. The molecule has 1 atom stereocenters. The van der Waals surface area contributed by atoms with Crippen LogP contribution in [0.3, 0.4) is 0 Å². The van der Waals surface area contributed by atoms with Crippen LogP contribution in [0.15, 0.2) is 36.5 Å². The maximum Gasteiger partial charge on any atom is 0.224 e. The van der Waals surface area contributed by atoms with E-state index in [2.05, 4.69) is 15.2 Å². The third-order valence-corrected chi connectivity index (χ3v) is 5.92. The lowest BCUT2D eigenvalue weighted by atomic mass is 9.87. The SMILES string of the molecule is Cc1ccnc(C2(O)CCN(CC(O)c3ccc4c(c3)CCC(=O)N4)CC2)c1. The van der Waals surface area contributed by atoms with Crippen LogP contribution in [-0.2, 0) is 16.8 Å². The Morgan fingerprint density at radius 2 is 2.00 bits per heavy atom. The van der Waals surface area contributed by atoms with Gasteiger partial charge >= 0.3 is 0 Å². The van der Waals surface area contributed by atoms with Gasteiger partial charge in [-0.15, -0.1) is 0 Å². The van der Waals surface area contributed by atoms with E-state index >= 15 is 0 Å². The average Bonchev–Trinajstić information content (AvgIpc) is 2.69. The number of likely N-dealkylation sites (tertiary alicyclic amines) is 1. The quantitative estimate of drug-likeness (QED) is 0.757. The first-order chi connectivity index (χ1) is 13.4. The lowest BCUT2D eigenvalue weighted by molar-refractivity contribution is -0.116. The van der Waals surface area contributed by atoms with Crippen molar-refractivity contribution in [2.24, 2.45) is 0 Å². The average molecular weight is 381 g/mol. The number of aromatic nitrogens is 1. The normalized spacial score (nSPS) is 20.3. The molecule has 1 aromatic carbocycles. The molecule has 0 bridgehead atoms. The second-order valence-corrected chi connectivity index (χ2v) is 8.03. The third-order valence-electron chi connectivity index (χ3n) is 5.92.